The quantitative estimate of drug-likeness (QED) is 0.863. The smallest absolute Gasteiger partial charge is 0.327 e. The zero-order valence-corrected chi connectivity index (χ0v) is 12.0. The minimum Gasteiger partial charge on any atom is -0.480 e. The van der Waals surface area contributed by atoms with E-state index in [1.54, 1.807) is 0 Å². The lowest BCUT2D eigenvalue weighted by Gasteiger charge is -2.27. The van der Waals surface area contributed by atoms with Crippen molar-refractivity contribution in [1.82, 2.24) is 4.90 Å². The molecule has 0 saturated carbocycles. The number of carboxylic acid groups (broad SMARTS) is 1. The summed E-state index contributed by atoms with van der Waals surface area (Å²) in [5, 5.41) is 9.03. The maximum absolute atomic E-state index is 12.4. The predicted molar refractivity (Wildman–Crippen MR) is 78.3 cm³/mol. The fourth-order valence-electron chi connectivity index (χ4n) is 2.31. The van der Waals surface area contributed by atoms with Crippen LogP contribution in [0.2, 0.25) is 0 Å². The number of rotatable bonds is 4. The molecule has 1 aromatic rings. The second-order valence-electron chi connectivity index (χ2n) is 4.83. The molecule has 2 unspecified atom stereocenters. The van der Waals surface area contributed by atoms with Crippen molar-refractivity contribution in [2.24, 2.45) is 5.73 Å². The Kier molecular flexibility index (Phi) is 4.67. The lowest BCUT2D eigenvalue weighted by molar-refractivity contribution is -0.149. The summed E-state index contributed by atoms with van der Waals surface area (Å²) in [6.45, 7) is 1.83. The first kappa shape index (κ1) is 14.9. The Balaban J connectivity index is 2.07. The molecule has 3 N–H and O–H groups in total. The summed E-state index contributed by atoms with van der Waals surface area (Å²) in [6.07, 6.45) is 0.417. The molecule has 5 nitrogen and oxygen atoms in total. The van der Waals surface area contributed by atoms with E-state index in [1.807, 2.05) is 37.3 Å². The molecule has 2 rings (SSSR count). The highest BCUT2D eigenvalue weighted by Crippen LogP contribution is 2.29. The molecule has 0 bridgehead atoms. The highest BCUT2D eigenvalue weighted by atomic mass is 32.2. The minimum atomic E-state index is -0.970. The molecule has 1 amide bonds. The topological polar surface area (TPSA) is 83.6 Å². The molecule has 0 aromatic heterocycles. The first-order valence-corrected chi connectivity index (χ1v) is 7.51. The Morgan fingerprint density at radius 1 is 1.45 bits per heavy atom. The van der Waals surface area contributed by atoms with E-state index in [0.29, 0.717) is 12.2 Å². The van der Waals surface area contributed by atoms with E-state index in [1.165, 1.54) is 16.7 Å². The van der Waals surface area contributed by atoms with Gasteiger partial charge in [-0.1, -0.05) is 30.3 Å². The highest BCUT2D eigenvalue weighted by Gasteiger charge is 2.40. The number of thioether (sulfide) groups is 1. The molecule has 0 radical (unpaired) electrons. The Labute approximate surface area is 122 Å². The van der Waals surface area contributed by atoms with Crippen LogP contribution >= 0.6 is 11.8 Å². The van der Waals surface area contributed by atoms with E-state index in [2.05, 4.69) is 0 Å². The summed E-state index contributed by atoms with van der Waals surface area (Å²) in [5.41, 5.74) is 6.93. The molecule has 1 aliphatic rings. The standard InChI is InChI=1S/C14H18N2O3S/c1-9-16(12(8-20-9)14(18)19)13(17)11(15)7-10-5-3-2-4-6-10/h2-6,9,11-12H,7-8,15H2,1H3,(H,18,19)/t9?,11-,12?/m1/s1. The van der Waals surface area contributed by atoms with E-state index in [-0.39, 0.29) is 11.3 Å². The molecule has 0 spiro atoms. The van der Waals surface area contributed by atoms with Crippen LogP contribution in [-0.2, 0) is 16.0 Å². The number of hydrogen-bond donors (Lipinski definition) is 2. The van der Waals surface area contributed by atoms with Crippen molar-refractivity contribution >= 4 is 23.6 Å². The first-order valence-electron chi connectivity index (χ1n) is 6.47. The number of aliphatic carboxylic acids is 1. The van der Waals surface area contributed by atoms with Crippen LogP contribution in [0.3, 0.4) is 0 Å². The number of hydrogen-bond acceptors (Lipinski definition) is 4. The Morgan fingerprint density at radius 3 is 2.70 bits per heavy atom. The average molecular weight is 294 g/mol. The molecule has 3 atom stereocenters. The minimum absolute atomic E-state index is 0.148. The van der Waals surface area contributed by atoms with Crippen LogP contribution in [0.1, 0.15) is 12.5 Å². The van der Waals surface area contributed by atoms with Gasteiger partial charge in [0.25, 0.3) is 0 Å². The molecule has 20 heavy (non-hydrogen) atoms. The Bertz CT molecular complexity index is 494. The molecule has 108 valence electrons. The maximum atomic E-state index is 12.4. The van der Waals surface area contributed by atoms with Crippen LogP contribution in [-0.4, -0.2) is 45.1 Å². The molecule has 1 aliphatic heterocycles. The number of nitrogens with zero attached hydrogens (tertiary/aromatic N) is 1. The Morgan fingerprint density at radius 2 is 2.10 bits per heavy atom. The summed E-state index contributed by atoms with van der Waals surface area (Å²) in [4.78, 5) is 25.0. The molecule has 1 aromatic carbocycles. The summed E-state index contributed by atoms with van der Waals surface area (Å²) in [6, 6.07) is 8.01. The van der Waals surface area contributed by atoms with E-state index < -0.39 is 18.1 Å². The van der Waals surface area contributed by atoms with Gasteiger partial charge >= 0.3 is 5.97 Å². The van der Waals surface area contributed by atoms with Crippen LogP contribution in [0.25, 0.3) is 0 Å². The summed E-state index contributed by atoms with van der Waals surface area (Å²) in [7, 11) is 0. The number of carbonyl (C=O) groups excluding carboxylic acids is 1. The maximum Gasteiger partial charge on any atom is 0.327 e. The molecule has 1 fully saturated rings. The summed E-state index contributed by atoms with van der Waals surface area (Å²) < 4.78 is 0. The van der Waals surface area contributed by atoms with E-state index >= 15 is 0 Å². The number of carboxylic acids is 1. The van der Waals surface area contributed by atoms with Crippen molar-refractivity contribution in [1.29, 1.82) is 0 Å². The average Bonchev–Trinajstić information content (AvgIpc) is 2.81. The van der Waals surface area contributed by atoms with Crippen LogP contribution in [0.5, 0.6) is 0 Å². The van der Waals surface area contributed by atoms with Gasteiger partial charge in [0.2, 0.25) is 5.91 Å². The number of benzene rings is 1. The van der Waals surface area contributed by atoms with Crippen molar-refractivity contribution in [2.45, 2.75) is 30.8 Å². The van der Waals surface area contributed by atoms with Crippen molar-refractivity contribution in [3.05, 3.63) is 35.9 Å². The highest BCUT2D eigenvalue weighted by molar-refractivity contribution is 8.00. The largest absolute Gasteiger partial charge is 0.480 e. The van der Waals surface area contributed by atoms with Crippen LogP contribution < -0.4 is 5.73 Å². The number of carbonyl (C=O) groups is 2. The summed E-state index contributed by atoms with van der Waals surface area (Å²) in [5.74, 6) is -0.846. The zero-order valence-electron chi connectivity index (χ0n) is 11.2. The van der Waals surface area contributed by atoms with Crippen LogP contribution in [0.15, 0.2) is 30.3 Å². The molecule has 1 saturated heterocycles. The molecule has 6 heteroatoms. The van der Waals surface area contributed by atoms with Crippen LogP contribution in [0, 0.1) is 0 Å². The summed E-state index contributed by atoms with van der Waals surface area (Å²) >= 11 is 1.46. The fraction of sp³-hybridized carbons (Fsp3) is 0.429. The molecular formula is C14H18N2O3S. The van der Waals surface area contributed by atoms with Gasteiger partial charge in [0, 0.05) is 5.75 Å². The lowest BCUT2D eigenvalue weighted by Crippen LogP contribution is -2.52. The van der Waals surface area contributed by atoms with Crippen molar-refractivity contribution in [3.8, 4) is 0 Å². The zero-order chi connectivity index (χ0) is 14.7. The predicted octanol–water partition coefficient (Wildman–Crippen LogP) is 0.931. The third-order valence-electron chi connectivity index (χ3n) is 3.38. The van der Waals surface area contributed by atoms with E-state index in [4.69, 9.17) is 5.73 Å². The van der Waals surface area contributed by atoms with Gasteiger partial charge in [-0.25, -0.2) is 4.79 Å². The second kappa shape index (κ2) is 6.28. The lowest BCUT2D eigenvalue weighted by atomic mass is 10.0. The van der Waals surface area contributed by atoms with E-state index in [9.17, 15) is 14.7 Å². The van der Waals surface area contributed by atoms with Gasteiger partial charge in [-0.15, -0.1) is 11.8 Å². The van der Waals surface area contributed by atoms with Gasteiger partial charge in [0.1, 0.15) is 6.04 Å². The van der Waals surface area contributed by atoms with Gasteiger partial charge in [-0.3, -0.25) is 4.79 Å². The van der Waals surface area contributed by atoms with Gasteiger partial charge in [-0.05, 0) is 18.9 Å². The van der Waals surface area contributed by atoms with E-state index in [0.717, 1.165) is 5.56 Å². The van der Waals surface area contributed by atoms with Gasteiger partial charge in [0.15, 0.2) is 0 Å². The van der Waals surface area contributed by atoms with Crippen molar-refractivity contribution in [3.63, 3.8) is 0 Å². The van der Waals surface area contributed by atoms with Gasteiger partial charge < -0.3 is 15.7 Å². The van der Waals surface area contributed by atoms with Gasteiger partial charge in [0.05, 0.1) is 11.4 Å². The molecular weight excluding hydrogens is 276 g/mol. The monoisotopic (exact) mass is 294 g/mol. The third kappa shape index (κ3) is 3.13. The normalized spacial score (nSPS) is 23.6. The van der Waals surface area contributed by atoms with Crippen molar-refractivity contribution in [2.75, 3.05) is 5.75 Å². The van der Waals surface area contributed by atoms with Crippen molar-refractivity contribution < 1.29 is 14.7 Å². The third-order valence-corrected chi connectivity index (χ3v) is 4.60. The van der Waals surface area contributed by atoms with Crippen LogP contribution in [0.4, 0.5) is 0 Å². The second-order valence-corrected chi connectivity index (χ2v) is 6.18. The number of amides is 1. The SMILES string of the molecule is CC1SCC(C(=O)O)N1C(=O)[C@H](N)Cc1ccccc1. The van der Waals surface area contributed by atoms with Gasteiger partial charge in [-0.2, -0.15) is 0 Å². The first-order chi connectivity index (χ1) is 9.50. The Hall–Kier alpha value is -1.53. The molecule has 0 aliphatic carbocycles. The number of nitrogens with two attached hydrogens (primary N) is 1. The fourth-order valence-corrected chi connectivity index (χ4v) is 3.49. The molecule has 1 heterocycles.